The van der Waals surface area contributed by atoms with E-state index in [4.69, 9.17) is 5.11 Å². The fourth-order valence-corrected chi connectivity index (χ4v) is 2.21. The van der Waals surface area contributed by atoms with Gasteiger partial charge in [-0.05, 0) is 31.0 Å². The van der Waals surface area contributed by atoms with Crippen LogP contribution in [0.3, 0.4) is 0 Å². The number of hydrogen-bond donors (Lipinski definition) is 1. The van der Waals surface area contributed by atoms with Gasteiger partial charge in [-0.2, -0.15) is 0 Å². The highest BCUT2D eigenvalue weighted by molar-refractivity contribution is 5.87. The zero-order chi connectivity index (χ0) is 12.5. The number of carbonyl (C=O) groups is 1. The number of aromatic carboxylic acids is 1. The first-order chi connectivity index (χ1) is 7.96. The summed E-state index contributed by atoms with van der Waals surface area (Å²) in [6, 6.07) is 6.81. The van der Waals surface area contributed by atoms with Gasteiger partial charge in [-0.3, -0.25) is 4.90 Å². The van der Waals surface area contributed by atoms with Gasteiger partial charge in [-0.15, -0.1) is 0 Å². The van der Waals surface area contributed by atoms with Crippen LogP contribution in [-0.2, 0) is 6.54 Å². The minimum atomic E-state index is -1.11. The number of nitrogens with zero attached hydrogens (tertiary/aromatic N) is 1. The first-order valence-electron chi connectivity index (χ1n) is 5.70. The molecule has 0 aliphatic carbocycles. The molecule has 0 radical (unpaired) electrons. The summed E-state index contributed by atoms with van der Waals surface area (Å²) >= 11 is 0. The van der Waals surface area contributed by atoms with Crippen molar-refractivity contribution in [2.75, 3.05) is 13.1 Å². The fraction of sp³-hybridized carbons (Fsp3) is 0.462. The zero-order valence-electron chi connectivity index (χ0n) is 9.82. The van der Waals surface area contributed by atoms with Crippen LogP contribution in [0.2, 0.25) is 0 Å². The number of carboxylic acids is 1. The van der Waals surface area contributed by atoms with Crippen molar-refractivity contribution < 1.29 is 14.3 Å². The number of carboxylic acid groups (broad SMARTS) is 1. The van der Waals surface area contributed by atoms with Crippen molar-refractivity contribution in [3.05, 3.63) is 35.4 Å². The second kappa shape index (κ2) is 4.45. The second-order valence-corrected chi connectivity index (χ2v) is 4.88. The molecule has 1 aromatic rings. The van der Waals surface area contributed by atoms with Crippen LogP contribution in [0, 0.1) is 0 Å². The van der Waals surface area contributed by atoms with Gasteiger partial charge in [0.25, 0.3) is 0 Å². The van der Waals surface area contributed by atoms with Gasteiger partial charge < -0.3 is 5.11 Å². The van der Waals surface area contributed by atoms with E-state index in [2.05, 4.69) is 0 Å². The van der Waals surface area contributed by atoms with E-state index in [0.29, 0.717) is 19.5 Å². The molecule has 0 amide bonds. The van der Waals surface area contributed by atoms with Crippen LogP contribution in [0.4, 0.5) is 4.39 Å². The SMILES string of the molecule is CC1(F)CCN(Cc2cccc(C(=O)O)c2)C1. The van der Waals surface area contributed by atoms with Gasteiger partial charge in [-0.1, -0.05) is 12.1 Å². The third-order valence-corrected chi connectivity index (χ3v) is 3.08. The molecule has 0 spiro atoms. The summed E-state index contributed by atoms with van der Waals surface area (Å²) in [4.78, 5) is 12.8. The summed E-state index contributed by atoms with van der Waals surface area (Å²) in [6.07, 6.45) is 0.547. The number of halogens is 1. The minimum Gasteiger partial charge on any atom is -0.478 e. The van der Waals surface area contributed by atoms with E-state index in [1.807, 2.05) is 11.0 Å². The van der Waals surface area contributed by atoms with Gasteiger partial charge in [0, 0.05) is 19.6 Å². The van der Waals surface area contributed by atoms with Crippen molar-refractivity contribution in [1.29, 1.82) is 0 Å². The number of hydrogen-bond acceptors (Lipinski definition) is 2. The highest BCUT2D eigenvalue weighted by Crippen LogP contribution is 2.25. The van der Waals surface area contributed by atoms with E-state index >= 15 is 0 Å². The van der Waals surface area contributed by atoms with E-state index in [0.717, 1.165) is 12.1 Å². The summed E-state index contributed by atoms with van der Waals surface area (Å²) in [5, 5.41) is 8.88. The number of rotatable bonds is 3. The molecule has 17 heavy (non-hydrogen) atoms. The standard InChI is InChI=1S/C13H16FNO2/c1-13(14)5-6-15(9-13)8-10-3-2-4-11(7-10)12(16)17/h2-4,7H,5-6,8-9H2,1H3,(H,16,17). The van der Waals surface area contributed by atoms with Crippen molar-refractivity contribution in [2.24, 2.45) is 0 Å². The summed E-state index contributed by atoms with van der Waals surface area (Å²) in [7, 11) is 0. The average Bonchev–Trinajstić information content (AvgIpc) is 2.58. The van der Waals surface area contributed by atoms with Crippen LogP contribution in [0.25, 0.3) is 0 Å². The van der Waals surface area contributed by atoms with Crippen LogP contribution in [0.15, 0.2) is 24.3 Å². The molecule has 4 heteroatoms. The normalized spacial score (nSPS) is 25.1. The molecule has 92 valence electrons. The first-order valence-corrected chi connectivity index (χ1v) is 5.70. The van der Waals surface area contributed by atoms with E-state index < -0.39 is 11.6 Å². The summed E-state index contributed by atoms with van der Waals surface area (Å²) < 4.78 is 13.6. The fourth-order valence-electron chi connectivity index (χ4n) is 2.21. The van der Waals surface area contributed by atoms with E-state index in [-0.39, 0.29) is 5.56 Å². The molecule has 1 atom stereocenters. The Balaban J connectivity index is 2.04. The predicted molar refractivity (Wildman–Crippen MR) is 62.8 cm³/mol. The van der Waals surface area contributed by atoms with E-state index in [9.17, 15) is 9.18 Å². The lowest BCUT2D eigenvalue weighted by molar-refractivity contribution is 0.0696. The Morgan fingerprint density at radius 1 is 1.59 bits per heavy atom. The quantitative estimate of drug-likeness (QED) is 0.877. The topological polar surface area (TPSA) is 40.5 Å². The van der Waals surface area contributed by atoms with Crippen LogP contribution in [0.1, 0.15) is 29.3 Å². The van der Waals surface area contributed by atoms with E-state index in [1.54, 1.807) is 25.1 Å². The molecule has 0 aromatic heterocycles. The molecule has 0 bridgehead atoms. The highest BCUT2D eigenvalue weighted by Gasteiger charge is 2.33. The maximum absolute atomic E-state index is 13.6. The summed E-state index contributed by atoms with van der Waals surface area (Å²) in [5.41, 5.74) is 0.0945. The lowest BCUT2D eigenvalue weighted by atomic mass is 10.1. The van der Waals surface area contributed by atoms with Crippen molar-refractivity contribution in [2.45, 2.75) is 25.6 Å². The third-order valence-electron chi connectivity index (χ3n) is 3.08. The van der Waals surface area contributed by atoms with Gasteiger partial charge in [0.05, 0.1) is 5.56 Å². The Morgan fingerprint density at radius 3 is 2.94 bits per heavy atom. The molecule has 1 heterocycles. The Labute approximate surface area is 99.9 Å². The largest absolute Gasteiger partial charge is 0.478 e. The lowest BCUT2D eigenvalue weighted by Crippen LogP contribution is -2.25. The molecule has 1 aliphatic rings. The van der Waals surface area contributed by atoms with Gasteiger partial charge >= 0.3 is 5.97 Å². The van der Waals surface area contributed by atoms with Crippen molar-refractivity contribution in [3.63, 3.8) is 0 Å². The molecule has 2 rings (SSSR count). The molecule has 1 aliphatic heterocycles. The van der Waals surface area contributed by atoms with Crippen molar-refractivity contribution in [1.82, 2.24) is 4.90 Å². The summed E-state index contributed by atoms with van der Waals surface area (Å²) in [6.45, 7) is 3.37. The molecular weight excluding hydrogens is 221 g/mol. The van der Waals surface area contributed by atoms with Crippen LogP contribution >= 0.6 is 0 Å². The zero-order valence-corrected chi connectivity index (χ0v) is 9.82. The Hall–Kier alpha value is -1.42. The predicted octanol–water partition coefficient (Wildman–Crippen LogP) is 2.32. The number of alkyl halides is 1. The average molecular weight is 237 g/mol. The molecule has 1 aromatic carbocycles. The molecule has 3 nitrogen and oxygen atoms in total. The third kappa shape index (κ3) is 3.03. The Bertz CT molecular complexity index is 431. The molecule has 1 unspecified atom stereocenters. The summed E-state index contributed by atoms with van der Waals surface area (Å²) in [5.74, 6) is -0.927. The molecule has 1 saturated heterocycles. The lowest BCUT2D eigenvalue weighted by Gasteiger charge is -2.17. The Kier molecular flexibility index (Phi) is 3.15. The monoisotopic (exact) mass is 237 g/mol. The van der Waals surface area contributed by atoms with Gasteiger partial charge in [0.15, 0.2) is 0 Å². The van der Waals surface area contributed by atoms with E-state index in [1.165, 1.54) is 0 Å². The van der Waals surface area contributed by atoms with Gasteiger partial charge in [-0.25, -0.2) is 9.18 Å². The molecular formula is C13H16FNO2. The number of benzene rings is 1. The van der Waals surface area contributed by atoms with Crippen LogP contribution in [0.5, 0.6) is 0 Å². The maximum atomic E-state index is 13.6. The van der Waals surface area contributed by atoms with Crippen molar-refractivity contribution in [3.8, 4) is 0 Å². The van der Waals surface area contributed by atoms with Gasteiger partial charge in [0.2, 0.25) is 0 Å². The second-order valence-electron chi connectivity index (χ2n) is 4.88. The first kappa shape index (κ1) is 12.0. The van der Waals surface area contributed by atoms with Crippen LogP contribution in [-0.4, -0.2) is 34.7 Å². The smallest absolute Gasteiger partial charge is 0.335 e. The number of likely N-dealkylation sites (tertiary alicyclic amines) is 1. The van der Waals surface area contributed by atoms with Crippen molar-refractivity contribution >= 4 is 5.97 Å². The molecule has 1 fully saturated rings. The molecule has 1 N–H and O–H groups in total. The molecule has 0 saturated carbocycles. The highest BCUT2D eigenvalue weighted by atomic mass is 19.1. The Morgan fingerprint density at radius 2 is 2.35 bits per heavy atom. The van der Waals surface area contributed by atoms with Gasteiger partial charge in [0.1, 0.15) is 5.67 Å². The minimum absolute atomic E-state index is 0.282. The van der Waals surface area contributed by atoms with Crippen LogP contribution < -0.4 is 0 Å². The maximum Gasteiger partial charge on any atom is 0.335 e.